The summed E-state index contributed by atoms with van der Waals surface area (Å²) in [4.78, 5) is 0. The highest BCUT2D eigenvalue weighted by Gasteiger charge is 2.51. The Morgan fingerprint density at radius 3 is 3.18 bits per heavy atom. The van der Waals surface area contributed by atoms with Crippen LogP contribution < -0.4 is 0 Å². The van der Waals surface area contributed by atoms with E-state index in [0.717, 1.165) is 0 Å². The first-order valence-electron chi connectivity index (χ1n) is 4.19. The number of hydrogen-bond acceptors (Lipinski definition) is 0. The number of benzene rings is 1. The van der Waals surface area contributed by atoms with Crippen molar-refractivity contribution < 1.29 is 0 Å². The van der Waals surface area contributed by atoms with Crippen LogP contribution in [-0.4, -0.2) is 0 Å². The van der Waals surface area contributed by atoms with Gasteiger partial charge in [-0.25, -0.2) is 0 Å². The Labute approximate surface area is 65.5 Å². The van der Waals surface area contributed by atoms with Crippen LogP contribution in [-0.2, 0) is 11.8 Å². The number of allylic oxidation sites excluding steroid dienone is 1. The normalized spacial score (nSPS) is 32.6. The van der Waals surface area contributed by atoms with Crippen molar-refractivity contribution in [2.45, 2.75) is 18.8 Å². The Morgan fingerprint density at radius 1 is 1.36 bits per heavy atom. The van der Waals surface area contributed by atoms with Crippen LogP contribution in [0.2, 0.25) is 0 Å². The Hall–Kier alpha value is -1.04. The second-order valence-corrected chi connectivity index (χ2v) is 4.16. The second kappa shape index (κ2) is 0.989. The zero-order valence-electron chi connectivity index (χ0n) is 6.44. The molecule has 0 spiro atoms. The molecule has 1 unspecified atom stereocenters. The molecule has 0 heterocycles. The van der Waals surface area contributed by atoms with Crippen molar-refractivity contribution in [3.8, 4) is 0 Å². The first-order chi connectivity index (χ1) is 5.29. The highest BCUT2D eigenvalue weighted by atomic mass is 14.5. The minimum absolute atomic E-state index is 0.459. The summed E-state index contributed by atoms with van der Waals surface area (Å²) >= 11 is 0. The van der Waals surface area contributed by atoms with E-state index in [1.54, 1.807) is 22.3 Å². The molecule has 4 aliphatic rings. The third kappa shape index (κ3) is 0.272. The van der Waals surface area contributed by atoms with Gasteiger partial charge in [-0.1, -0.05) is 13.0 Å². The molecule has 0 N–H and O–H groups in total. The molecule has 1 aromatic rings. The van der Waals surface area contributed by atoms with Gasteiger partial charge in [0.2, 0.25) is 0 Å². The lowest BCUT2D eigenvalue weighted by Gasteiger charge is -2.39. The molecule has 0 aromatic heterocycles. The summed E-state index contributed by atoms with van der Waals surface area (Å²) in [6.07, 6.45) is 3.66. The molecule has 0 saturated heterocycles. The van der Waals surface area contributed by atoms with Gasteiger partial charge in [0, 0.05) is 5.41 Å². The molecule has 0 heteroatoms. The predicted octanol–water partition coefficient (Wildman–Crippen LogP) is 2.37. The van der Waals surface area contributed by atoms with Gasteiger partial charge in [-0.05, 0) is 46.4 Å². The molecular weight excluding hydrogens is 132 g/mol. The number of hydrogen-bond donors (Lipinski definition) is 0. The van der Waals surface area contributed by atoms with Gasteiger partial charge in [0.1, 0.15) is 0 Å². The van der Waals surface area contributed by atoms with Crippen molar-refractivity contribution in [3.05, 3.63) is 34.4 Å². The predicted molar refractivity (Wildman–Crippen MR) is 45.4 cm³/mol. The fourth-order valence-electron chi connectivity index (χ4n) is 2.97. The Balaban J connectivity index is 2.39. The zero-order valence-corrected chi connectivity index (χ0v) is 6.44. The van der Waals surface area contributed by atoms with Gasteiger partial charge in [0.05, 0.1) is 0 Å². The van der Waals surface area contributed by atoms with Crippen LogP contribution in [0.1, 0.15) is 29.2 Å². The van der Waals surface area contributed by atoms with Crippen molar-refractivity contribution in [3.63, 3.8) is 0 Å². The SMILES string of the molecule is CC12Cc3cc1c1cc3C=C12. The Kier molecular flexibility index (Phi) is 0.428. The van der Waals surface area contributed by atoms with Crippen LogP contribution in [0, 0.1) is 0 Å². The van der Waals surface area contributed by atoms with E-state index in [4.69, 9.17) is 0 Å². The monoisotopic (exact) mass is 140 g/mol. The van der Waals surface area contributed by atoms with Crippen LogP contribution in [0.25, 0.3) is 11.6 Å². The standard InChI is InChI=1S/C11H8/c1-11-5-7-4-10(11)8-2-6(7)3-9(8)11/h2-4H,5H2,1H3. The van der Waals surface area contributed by atoms with E-state index in [1.807, 2.05) is 0 Å². The van der Waals surface area contributed by atoms with Crippen molar-refractivity contribution in [1.29, 1.82) is 0 Å². The van der Waals surface area contributed by atoms with Crippen molar-refractivity contribution in [1.82, 2.24) is 0 Å². The highest BCUT2D eigenvalue weighted by molar-refractivity contribution is 6.05. The van der Waals surface area contributed by atoms with Gasteiger partial charge >= 0.3 is 0 Å². The summed E-state index contributed by atoms with van der Waals surface area (Å²) in [5.74, 6) is 0. The van der Waals surface area contributed by atoms with Crippen molar-refractivity contribution >= 4 is 11.6 Å². The van der Waals surface area contributed by atoms with Gasteiger partial charge < -0.3 is 0 Å². The van der Waals surface area contributed by atoms with E-state index < -0.39 is 0 Å². The quantitative estimate of drug-likeness (QED) is 0.519. The maximum Gasteiger partial charge on any atom is 0.0227 e. The fraction of sp³-hybridized carbons (Fsp3) is 0.273. The van der Waals surface area contributed by atoms with Crippen LogP contribution in [0.3, 0.4) is 0 Å². The van der Waals surface area contributed by atoms with Crippen molar-refractivity contribution in [2.75, 3.05) is 0 Å². The van der Waals surface area contributed by atoms with Crippen molar-refractivity contribution in [2.24, 2.45) is 0 Å². The molecule has 0 aliphatic heterocycles. The molecule has 1 atom stereocenters. The zero-order chi connectivity index (χ0) is 7.22. The average molecular weight is 140 g/mol. The third-order valence-corrected chi connectivity index (χ3v) is 3.60. The third-order valence-electron chi connectivity index (χ3n) is 3.60. The van der Waals surface area contributed by atoms with Crippen LogP contribution in [0.4, 0.5) is 0 Å². The van der Waals surface area contributed by atoms with Crippen LogP contribution in [0.5, 0.6) is 0 Å². The van der Waals surface area contributed by atoms with E-state index >= 15 is 0 Å². The van der Waals surface area contributed by atoms with Gasteiger partial charge in [-0.3, -0.25) is 0 Å². The summed E-state index contributed by atoms with van der Waals surface area (Å²) in [5.41, 5.74) is 8.30. The van der Waals surface area contributed by atoms with Crippen LogP contribution in [0.15, 0.2) is 12.1 Å². The van der Waals surface area contributed by atoms with E-state index in [1.165, 1.54) is 12.0 Å². The molecular formula is C11H8. The molecule has 4 aliphatic carbocycles. The van der Waals surface area contributed by atoms with Gasteiger partial charge in [0.25, 0.3) is 0 Å². The van der Waals surface area contributed by atoms with E-state index in [9.17, 15) is 0 Å². The van der Waals surface area contributed by atoms with E-state index in [2.05, 4.69) is 25.1 Å². The summed E-state index contributed by atoms with van der Waals surface area (Å²) in [5, 5.41) is 0. The average Bonchev–Trinajstić information content (AvgIpc) is 2.35. The molecule has 1 aromatic carbocycles. The maximum absolute atomic E-state index is 2.40. The molecule has 5 rings (SSSR count). The lowest BCUT2D eigenvalue weighted by molar-refractivity contribution is 0.605. The Morgan fingerprint density at radius 2 is 2.27 bits per heavy atom. The lowest BCUT2D eigenvalue weighted by atomic mass is 9.64. The first kappa shape index (κ1) is 4.76. The largest absolute Gasteiger partial charge is 0.0537 e. The molecule has 0 amide bonds. The molecule has 0 saturated carbocycles. The van der Waals surface area contributed by atoms with Crippen LogP contribution >= 0.6 is 0 Å². The summed E-state index contributed by atoms with van der Waals surface area (Å²) < 4.78 is 0. The van der Waals surface area contributed by atoms with E-state index in [-0.39, 0.29) is 0 Å². The molecule has 11 heavy (non-hydrogen) atoms. The fourth-order valence-corrected chi connectivity index (χ4v) is 2.97. The molecule has 52 valence electrons. The smallest absolute Gasteiger partial charge is 0.0227 e. The minimum atomic E-state index is 0.459. The van der Waals surface area contributed by atoms with Gasteiger partial charge in [-0.2, -0.15) is 0 Å². The van der Waals surface area contributed by atoms with Gasteiger partial charge in [0.15, 0.2) is 0 Å². The van der Waals surface area contributed by atoms with Gasteiger partial charge in [-0.15, -0.1) is 0 Å². The minimum Gasteiger partial charge on any atom is -0.0537 e. The topological polar surface area (TPSA) is 0 Å². The molecule has 6 bridgehead atoms. The summed E-state index contributed by atoms with van der Waals surface area (Å²) in [6.45, 7) is 2.37. The second-order valence-electron chi connectivity index (χ2n) is 4.16. The molecule has 0 fully saturated rings. The first-order valence-corrected chi connectivity index (χ1v) is 4.19. The lowest BCUT2D eigenvalue weighted by Crippen LogP contribution is -2.31. The molecule has 0 nitrogen and oxygen atoms in total. The Bertz CT molecular complexity index is 438. The summed E-state index contributed by atoms with van der Waals surface area (Å²) in [7, 11) is 0. The van der Waals surface area contributed by atoms with E-state index in [0.29, 0.717) is 5.41 Å². The summed E-state index contributed by atoms with van der Waals surface area (Å²) in [6, 6.07) is 4.76. The maximum atomic E-state index is 2.40. The number of rotatable bonds is 0. The highest BCUT2D eigenvalue weighted by Crippen LogP contribution is 2.62. The molecule has 0 radical (unpaired) electrons.